The van der Waals surface area contributed by atoms with Gasteiger partial charge in [-0.25, -0.2) is 4.79 Å². The highest BCUT2D eigenvalue weighted by Crippen LogP contribution is 2.23. The normalized spacial score (nSPS) is 10.8. The van der Waals surface area contributed by atoms with Gasteiger partial charge in [-0.2, -0.15) is 5.26 Å². The summed E-state index contributed by atoms with van der Waals surface area (Å²) < 4.78 is 5.21. The Morgan fingerprint density at radius 3 is 2.29 bits per heavy atom. The van der Waals surface area contributed by atoms with Gasteiger partial charge in [0.05, 0.1) is 15.6 Å². The van der Waals surface area contributed by atoms with Crippen LogP contribution in [-0.4, -0.2) is 11.9 Å². The SMILES string of the molecule is N#C/C(=C\c1ccc(OC(=O)c2ccc(Cl)c(Cl)c2)cc1)C(N)=O. The number of carbonyl (C=O) groups is 2. The molecule has 0 unspecified atom stereocenters. The summed E-state index contributed by atoms with van der Waals surface area (Å²) in [7, 11) is 0. The number of halogens is 2. The van der Waals surface area contributed by atoms with Gasteiger partial charge in [0.2, 0.25) is 0 Å². The molecule has 0 aliphatic carbocycles. The van der Waals surface area contributed by atoms with E-state index in [2.05, 4.69) is 0 Å². The maximum Gasteiger partial charge on any atom is 0.343 e. The number of primary amides is 1. The third-order valence-corrected chi connectivity index (χ3v) is 3.68. The molecule has 0 aromatic heterocycles. The van der Waals surface area contributed by atoms with Crippen molar-refractivity contribution in [1.82, 2.24) is 0 Å². The topological polar surface area (TPSA) is 93.2 Å². The van der Waals surface area contributed by atoms with Crippen molar-refractivity contribution in [3.05, 3.63) is 69.2 Å². The third kappa shape index (κ3) is 4.35. The number of carbonyl (C=O) groups excluding carboxylic acids is 2. The van der Waals surface area contributed by atoms with E-state index < -0.39 is 11.9 Å². The molecule has 0 spiro atoms. The van der Waals surface area contributed by atoms with Gasteiger partial charge in [0, 0.05) is 0 Å². The fourth-order valence-electron chi connectivity index (χ4n) is 1.75. The van der Waals surface area contributed by atoms with E-state index in [0.29, 0.717) is 16.3 Å². The number of hydrogen-bond acceptors (Lipinski definition) is 4. The summed E-state index contributed by atoms with van der Waals surface area (Å²) in [5.74, 6) is -1.11. The van der Waals surface area contributed by atoms with Crippen LogP contribution < -0.4 is 10.5 Å². The van der Waals surface area contributed by atoms with E-state index in [1.165, 1.54) is 36.4 Å². The molecule has 0 saturated heterocycles. The number of nitrogens with zero attached hydrogens (tertiary/aromatic N) is 1. The molecule has 120 valence electrons. The predicted molar refractivity (Wildman–Crippen MR) is 90.6 cm³/mol. The molecule has 0 aliphatic rings. The summed E-state index contributed by atoms with van der Waals surface area (Å²) in [5.41, 5.74) is 5.72. The molecular weight excluding hydrogens is 351 g/mol. The minimum Gasteiger partial charge on any atom is -0.423 e. The predicted octanol–water partition coefficient (Wildman–Crippen LogP) is 3.60. The molecule has 1 amide bonds. The molecular formula is C17H10Cl2N2O3. The molecule has 5 nitrogen and oxygen atoms in total. The molecule has 2 aromatic carbocycles. The average Bonchev–Trinajstić information content (AvgIpc) is 2.56. The lowest BCUT2D eigenvalue weighted by molar-refractivity contribution is -0.114. The van der Waals surface area contributed by atoms with Gasteiger partial charge in [-0.1, -0.05) is 35.3 Å². The smallest absolute Gasteiger partial charge is 0.343 e. The highest BCUT2D eigenvalue weighted by molar-refractivity contribution is 6.42. The Bertz CT molecular complexity index is 868. The molecule has 2 aromatic rings. The Hall–Kier alpha value is -2.81. The first kappa shape index (κ1) is 17.5. The molecule has 2 N–H and O–H groups in total. The van der Waals surface area contributed by atoms with Crippen molar-refractivity contribution in [2.45, 2.75) is 0 Å². The van der Waals surface area contributed by atoms with E-state index in [-0.39, 0.29) is 16.2 Å². The Morgan fingerprint density at radius 2 is 1.75 bits per heavy atom. The van der Waals surface area contributed by atoms with Crippen molar-refractivity contribution in [1.29, 1.82) is 5.26 Å². The summed E-state index contributed by atoms with van der Waals surface area (Å²) in [6.07, 6.45) is 1.34. The summed E-state index contributed by atoms with van der Waals surface area (Å²) in [6.45, 7) is 0. The largest absolute Gasteiger partial charge is 0.423 e. The number of benzene rings is 2. The Kier molecular flexibility index (Phi) is 5.59. The first-order valence-electron chi connectivity index (χ1n) is 6.59. The Labute approximate surface area is 147 Å². The van der Waals surface area contributed by atoms with Crippen molar-refractivity contribution >= 4 is 41.2 Å². The van der Waals surface area contributed by atoms with E-state index >= 15 is 0 Å². The van der Waals surface area contributed by atoms with Gasteiger partial charge in [-0.3, -0.25) is 4.79 Å². The molecule has 0 bridgehead atoms. The molecule has 0 fully saturated rings. The van der Waals surface area contributed by atoms with E-state index in [0.717, 1.165) is 0 Å². The molecule has 7 heteroatoms. The monoisotopic (exact) mass is 360 g/mol. The zero-order valence-electron chi connectivity index (χ0n) is 12.1. The lowest BCUT2D eigenvalue weighted by Crippen LogP contribution is -2.12. The van der Waals surface area contributed by atoms with Gasteiger partial charge in [0.1, 0.15) is 17.4 Å². The molecule has 0 radical (unpaired) electrons. The molecule has 24 heavy (non-hydrogen) atoms. The van der Waals surface area contributed by atoms with Gasteiger partial charge in [0.25, 0.3) is 5.91 Å². The van der Waals surface area contributed by atoms with Crippen molar-refractivity contribution in [3.8, 4) is 11.8 Å². The zero-order chi connectivity index (χ0) is 17.7. The maximum absolute atomic E-state index is 12.0. The lowest BCUT2D eigenvalue weighted by atomic mass is 10.1. The van der Waals surface area contributed by atoms with Gasteiger partial charge < -0.3 is 10.5 Å². The number of hydrogen-bond donors (Lipinski definition) is 1. The second-order valence-electron chi connectivity index (χ2n) is 4.62. The van der Waals surface area contributed by atoms with Crippen molar-refractivity contribution < 1.29 is 14.3 Å². The fourth-order valence-corrected chi connectivity index (χ4v) is 2.04. The summed E-state index contributed by atoms with van der Waals surface area (Å²) in [4.78, 5) is 23.0. The second-order valence-corrected chi connectivity index (χ2v) is 5.44. The quantitative estimate of drug-likeness (QED) is 0.390. The number of nitrogens with two attached hydrogens (primary N) is 1. The molecule has 2 rings (SSSR count). The minimum absolute atomic E-state index is 0.171. The van der Waals surface area contributed by atoms with Crippen LogP contribution in [0.4, 0.5) is 0 Å². The van der Waals surface area contributed by atoms with Gasteiger partial charge in [0.15, 0.2) is 0 Å². The molecule has 0 aliphatic heterocycles. The van der Waals surface area contributed by atoms with E-state index in [4.69, 9.17) is 38.9 Å². The van der Waals surface area contributed by atoms with Crippen molar-refractivity contribution in [2.75, 3.05) is 0 Å². The van der Waals surface area contributed by atoms with E-state index in [1.807, 2.05) is 0 Å². The van der Waals surface area contributed by atoms with Crippen LogP contribution in [0.3, 0.4) is 0 Å². The van der Waals surface area contributed by atoms with Gasteiger partial charge in [-0.15, -0.1) is 0 Å². The van der Waals surface area contributed by atoms with Crippen LogP contribution >= 0.6 is 23.2 Å². The third-order valence-electron chi connectivity index (χ3n) is 2.94. The van der Waals surface area contributed by atoms with E-state index in [9.17, 15) is 9.59 Å². The number of nitriles is 1. The van der Waals surface area contributed by atoms with Crippen LogP contribution in [0.2, 0.25) is 10.0 Å². The van der Waals surface area contributed by atoms with Crippen molar-refractivity contribution in [3.63, 3.8) is 0 Å². The minimum atomic E-state index is -0.812. The first-order valence-corrected chi connectivity index (χ1v) is 7.35. The highest BCUT2D eigenvalue weighted by atomic mass is 35.5. The summed E-state index contributed by atoms with van der Waals surface area (Å²) in [5, 5.41) is 9.38. The van der Waals surface area contributed by atoms with Crippen molar-refractivity contribution in [2.24, 2.45) is 5.73 Å². The second kappa shape index (κ2) is 7.64. The van der Waals surface area contributed by atoms with Crippen LogP contribution in [-0.2, 0) is 4.79 Å². The number of amides is 1. The Morgan fingerprint density at radius 1 is 1.08 bits per heavy atom. The summed E-state index contributed by atoms with van der Waals surface area (Å²) in [6, 6.07) is 12.3. The van der Waals surface area contributed by atoms with Gasteiger partial charge in [-0.05, 0) is 42.0 Å². The summed E-state index contributed by atoms with van der Waals surface area (Å²) >= 11 is 11.7. The molecule has 0 atom stereocenters. The molecule has 0 saturated carbocycles. The average molecular weight is 361 g/mol. The van der Waals surface area contributed by atoms with Crippen LogP contribution in [0.1, 0.15) is 15.9 Å². The maximum atomic E-state index is 12.0. The van der Waals surface area contributed by atoms with Gasteiger partial charge >= 0.3 is 5.97 Å². The van der Waals surface area contributed by atoms with Crippen LogP contribution in [0.15, 0.2) is 48.0 Å². The standard InChI is InChI=1S/C17H10Cl2N2O3/c18-14-6-3-11(8-15(14)19)17(23)24-13-4-1-10(2-5-13)7-12(9-20)16(21)22/h1-8H,(H2,21,22)/b12-7+. The number of rotatable bonds is 4. The number of ether oxygens (including phenoxy) is 1. The molecule has 0 heterocycles. The zero-order valence-corrected chi connectivity index (χ0v) is 13.6. The van der Waals surface area contributed by atoms with Crippen LogP contribution in [0, 0.1) is 11.3 Å². The van der Waals surface area contributed by atoms with Crippen LogP contribution in [0.5, 0.6) is 5.75 Å². The Balaban J connectivity index is 2.14. The lowest BCUT2D eigenvalue weighted by Gasteiger charge is -2.05. The highest BCUT2D eigenvalue weighted by Gasteiger charge is 2.11. The first-order chi connectivity index (χ1) is 11.4. The van der Waals surface area contributed by atoms with Crippen LogP contribution in [0.25, 0.3) is 6.08 Å². The van der Waals surface area contributed by atoms with E-state index in [1.54, 1.807) is 18.2 Å². The fraction of sp³-hybridized carbons (Fsp3) is 0. The number of esters is 1.